The second-order valence-electron chi connectivity index (χ2n) is 3.29. The molecule has 86 valence electrons. The van der Waals surface area contributed by atoms with Crippen molar-refractivity contribution in [2.45, 2.75) is 31.7 Å². The Morgan fingerprint density at radius 1 is 1.53 bits per heavy atom. The number of urea groups is 1. The molecule has 1 rings (SSSR count). The topological polar surface area (TPSA) is 69.6 Å². The lowest BCUT2D eigenvalue weighted by atomic mass is 10.3. The molecule has 1 fully saturated rings. The highest BCUT2D eigenvalue weighted by Crippen LogP contribution is 2.31. The number of rotatable bonds is 3. The predicted molar refractivity (Wildman–Crippen MR) is 58.9 cm³/mol. The largest absolute Gasteiger partial charge is 0.480 e. The molecular formula is C9H16N2O3S. The van der Waals surface area contributed by atoms with Crippen molar-refractivity contribution in [2.24, 2.45) is 0 Å². The van der Waals surface area contributed by atoms with Gasteiger partial charge in [0.2, 0.25) is 0 Å². The fourth-order valence-corrected chi connectivity index (χ4v) is 2.93. The maximum atomic E-state index is 11.7. The van der Waals surface area contributed by atoms with Gasteiger partial charge < -0.3 is 10.4 Å². The molecule has 0 aromatic carbocycles. The minimum Gasteiger partial charge on any atom is -0.480 e. The normalized spacial score (nSPS) is 25.3. The molecule has 0 aromatic heterocycles. The monoisotopic (exact) mass is 232 g/mol. The molecule has 1 aliphatic heterocycles. The van der Waals surface area contributed by atoms with Crippen LogP contribution in [-0.4, -0.2) is 45.7 Å². The molecule has 6 heteroatoms. The Balaban J connectivity index is 2.76. The number of nitrogens with zero attached hydrogens (tertiary/aromatic N) is 1. The van der Waals surface area contributed by atoms with Crippen molar-refractivity contribution in [3.63, 3.8) is 0 Å². The van der Waals surface area contributed by atoms with Crippen LogP contribution in [0.3, 0.4) is 0 Å². The average Bonchev–Trinajstić information content (AvgIpc) is 2.61. The number of hydrogen-bond acceptors (Lipinski definition) is 3. The summed E-state index contributed by atoms with van der Waals surface area (Å²) in [5.74, 6) is -0.449. The second-order valence-corrected chi connectivity index (χ2v) is 4.50. The Kier molecular flexibility index (Phi) is 4.26. The van der Waals surface area contributed by atoms with Crippen molar-refractivity contribution in [3.8, 4) is 0 Å². The van der Waals surface area contributed by atoms with Gasteiger partial charge in [-0.15, -0.1) is 11.8 Å². The van der Waals surface area contributed by atoms with E-state index in [9.17, 15) is 9.59 Å². The van der Waals surface area contributed by atoms with Crippen LogP contribution in [0.2, 0.25) is 0 Å². The number of nitrogens with one attached hydrogen (secondary N) is 1. The van der Waals surface area contributed by atoms with Crippen LogP contribution in [0.4, 0.5) is 4.79 Å². The van der Waals surface area contributed by atoms with E-state index in [0.717, 1.165) is 6.42 Å². The lowest BCUT2D eigenvalue weighted by Gasteiger charge is -2.26. The quantitative estimate of drug-likeness (QED) is 0.760. The summed E-state index contributed by atoms with van der Waals surface area (Å²) < 4.78 is 0. The minimum atomic E-state index is -0.926. The van der Waals surface area contributed by atoms with E-state index >= 15 is 0 Å². The molecular weight excluding hydrogens is 216 g/mol. The number of carboxylic acid groups (broad SMARTS) is 1. The van der Waals surface area contributed by atoms with E-state index in [2.05, 4.69) is 5.32 Å². The fraction of sp³-hybridized carbons (Fsp3) is 0.778. The van der Waals surface area contributed by atoms with Gasteiger partial charge in [0.15, 0.2) is 0 Å². The summed E-state index contributed by atoms with van der Waals surface area (Å²) in [6.07, 6.45) is 0.769. The van der Waals surface area contributed by atoms with Gasteiger partial charge in [-0.2, -0.15) is 0 Å². The third-order valence-corrected chi connectivity index (χ3v) is 3.74. The highest BCUT2D eigenvalue weighted by atomic mass is 32.2. The molecule has 5 nitrogen and oxygen atoms in total. The van der Waals surface area contributed by atoms with Crippen molar-refractivity contribution in [2.75, 3.05) is 12.3 Å². The molecule has 2 unspecified atom stereocenters. The molecule has 1 heterocycles. The molecule has 2 N–H and O–H groups in total. The van der Waals surface area contributed by atoms with Gasteiger partial charge in [-0.1, -0.05) is 6.92 Å². The van der Waals surface area contributed by atoms with E-state index in [1.54, 1.807) is 0 Å². The van der Waals surface area contributed by atoms with Crippen LogP contribution in [0.5, 0.6) is 0 Å². The molecule has 0 saturated carbocycles. The zero-order chi connectivity index (χ0) is 11.4. The van der Waals surface area contributed by atoms with Crippen LogP contribution in [0.25, 0.3) is 0 Å². The molecule has 0 radical (unpaired) electrons. The summed E-state index contributed by atoms with van der Waals surface area (Å²) >= 11 is 1.53. The third-order valence-electron chi connectivity index (χ3n) is 2.29. The highest BCUT2D eigenvalue weighted by molar-refractivity contribution is 8.00. The number of aliphatic carboxylic acids is 1. The van der Waals surface area contributed by atoms with E-state index in [-0.39, 0.29) is 11.4 Å². The van der Waals surface area contributed by atoms with Crippen molar-refractivity contribution in [1.29, 1.82) is 0 Å². The van der Waals surface area contributed by atoms with Gasteiger partial charge in [0.25, 0.3) is 0 Å². The zero-order valence-electron chi connectivity index (χ0n) is 8.90. The van der Waals surface area contributed by atoms with Gasteiger partial charge in [0, 0.05) is 12.3 Å². The van der Waals surface area contributed by atoms with E-state index in [4.69, 9.17) is 5.11 Å². The zero-order valence-corrected chi connectivity index (χ0v) is 9.71. The van der Waals surface area contributed by atoms with Crippen LogP contribution < -0.4 is 5.32 Å². The van der Waals surface area contributed by atoms with Crippen molar-refractivity contribution >= 4 is 23.8 Å². The first-order valence-electron chi connectivity index (χ1n) is 5.02. The number of carbonyl (C=O) groups is 2. The molecule has 0 spiro atoms. The first kappa shape index (κ1) is 12.2. The lowest BCUT2D eigenvalue weighted by molar-refractivity contribution is -0.141. The average molecular weight is 232 g/mol. The van der Waals surface area contributed by atoms with Crippen LogP contribution >= 0.6 is 11.8 Å². The van der Waals surface area contributed by atoms with Gasteiger partial charge in [0.1, 0.15) is 6.04 Å². The molecule has 15 heavy (non-hydrogen) atoms. The molecule has 1 saturated heterocycles. The van der Waals surface area contributed by atoms with Crippen LogP contribution in [0.1, 0.15) is 20.3 Å². The van der Waals surface area contributed by atoms with Gasteiger partial charge in [-0.3, -0.25) is 4.90 Å². The summed E-state index contributed by atoms with van der Waals surface area (Å²) in [5.41, 5.74) is 0. The predicted octanol–water partition coefficient (Wildman–Crippen LogP) is 0.954. The smallest absolute Gasteiger partial charge is 0.327 e. The highest BCUT2D eigenvalue weighted by Gasteiger charge is 2.40. The Bertz CT molecular complexity index is 260. The van der Waals surface area contributed by atoms with Gasteiger partial charge in [-0.25, -0.2) is 9.59 Å². The van der Waals surface area contributed by atoms with Crippen LogP contribution in [0, 0.1) is 0 Å². The van der Waals surface area contributed by atoms with Gasteiger partial charge >= 0.3 is 12.0 Å². The summed E-state index contributed by atoms with van der Waals surface area (Å²) in [6.45, 7) is 4.29. The number of thioether (sulfide) groups is 1. The standard InChI is InChI=1S/C9H16N2O3S/c1-3-7-11(9(14)10-4-2)6(5-15-7)8(12)13/h6-7H,3-5H2,1-2H3,(H,10,14)(H,12,13). The number of hydrogen-bond donors (Lipinski definition) is 2. The van der Waals surface area contributed by atoms with Gasteiger partial charge in [-0.05, 0) is 13.3 Å². The Morgan fingerprint density at radius 2 is 2.20 bits per heavy atom. The first-order valence-corrected chi connectivity index (χ1v) is 6.07. The summed E-state index contributed by atoms with van der Waals surface area (Å²) in [6, 6.07) is -0.965. The van der Waals surface area contributed by atoms with Crippen molar-refractivity contribution in [1.82, 2.24) is 10.2 Å². The Hall–Kier alpha value is -0.910. The van der Waals surface area contributed by atoms with E-state index in [1.165, 1.54) is 16.7 Å². The molecule has 0 bridgehead atoms. The lowest BCUT2D eigenvalue weighted by Crippen LogP contribution is -2.49. The first-order chi connectivity index (χ1) is 7.11. The molecule has 1 aliphatic rings. The number of amides is 2. The van der Waals surface area contributed by atoms with Crippen LogP contribution in [0.15, 0.2) is 0 Å². The van der Waals surface area contributed by atoms with E-state index in [0.29, 0.717) is 12.3 Å². The number of carboxylic acids is 1. The third kappa shape index (κ3) is 2.56. The van der Waals surface area contributed by atoms with Gasteiger partial charge in [0.05, 0.1) is 5.37 Å². The maximum absolute atomic E-state index is 11.7. The molecule has 2 atom stereocenters. The Morgan fingerprint density at radius 3 is 2.67 bits per heavy atom. The van der Waals surface area contributed by atoms with Crippen LogP contribution in [-0.2, 0) is 4.79 Å². The summed E-state index contributed by atoms with van der Waals surface area (Å²) in [7, 11) is 0. The summed E-state index contributed by atoms with van der Waals surface area (Å²) in [5, 5.41) is 11.6. The van der Waals surface area contributed by atoms with Crippen molar-refractivity contribution in [3.05, 3.63) is 0 Å². The SMILES string of the molecule is CCNC(=O)N1C(CC)SCC1C(=O)O. The molecule has 2 amide bonds. The fourth-order valence-electron chi connectivity index (χ4n) is 1.58. The minimum absolute atomic E-state index is 0.0161. The molecule has 0 aromatic rings. The van der Waals surface area contributed by atoms with E-state index in [1.807, 2.05) is 13.8 Å². The second kappa shape index (κ2) is 5.25. The van der Waals surface area contributed by atoms with Crippen molar-refractivity contribution < 1.29 is 14.7 Å². The molecule has 0 aliphatic carbocycles. The maximum Gasteiger partial charge on any atom is 0.327 e. The summed E-state index contributed by atoms with van der Waals surface area (Å²) in [4.78, 5) is 24.1. The Labute approximate surface area is 93.2 Å². The number of carbonyl (C=O) groups excluding carboxylic acids is 1. The van der Waals surface area contributed by atoms with E-state index < -0.39 is 12.0 Å².